The van der Waals surface area contributed by atoms with E-state index in [-0.39, 0.29) is 10.6 Å². The topological polar surface area (TPSA) is 50.2 Å². The van der Waals surface area contributed by atoms with E-state index < -0.39 is 5.97 Å². The van der Waals surface area contributed by atoms with Gasteiger partial charge in [0.15, 0.2) is 0 Å². The smallest absolute Gasteiger partial charge is 0.337 e. The number of benzene rings is 2. The van der Waals surface area contributed by atoms with Crippen molar-refractivity contribution in [3.8, 4) is 11.1 Å². The lowest BCUT2D eigenvalue weighted by atomic mass is 10.00. The largest absolute Gasteiger partial charge is 0.478 e. The molecule has 0 atom stereocenters. The van der Waals surface area contributed by atoms with Gasteiger partial charge in [0.2, 0.25) is 0 Å². The van der Waals surface area contributed by atoms with E-state index >= 15 is 0 Å². The molecule has 1 N–H and O–H groups in total. The Morgan fingerprint density at radius 3 is 2.70 bits per heavy atom. The van der Waals surface area contributed by atoms with Gasteiger partial charge in [0.1, 0.15) is 0 Å². The van der Waals surface area contributed by atoms with E-state index in [1.165, 1.54) is 0 Å². The Hall–Kier alpha value is -2.39. The molecule has 0 amide bonds. The molecule has 0 aliphatic carbocycles. The summed E-state index contributed by atoms with van der Waals surface area (Å²) in [5.74, 6) is -1.04. The van der Waals surface area contributed by atoms with E-state index in [0.717, 1.165) is 22.0 Å². The highest BCUT2D eigenvalue weighted by atomic mass is 35.5. The number of halogens is 1. The molecule has 0 saturated carbocycles. The predicted octanol–water partition coefficient (Wildman–Crippen LogP) is 4.25. The van der Waals surface area contributed by atoms with Crippen LogP contribution in [-0.2, 0) is 0 Å². The van der Waals surface area contributed by atoms with E-state index in [4.69, 9.17) is 16.7 Å². The lowest BCUT2D eigenvalue weighted by molar-refractivity contribution is 0.0697. The third kappa shape index (κ3) is 2.12. The lowest BCUT2D eigenvalue weighted by Crippen LogP contribution is -1.97. The van der Waals surface area contributed by atoms with Crippen LogP contribution in [0, 0.1) is 0 Å². The summed E-state index contributed by atoms with van der Waals surface area (Å²) in [5.41, 5.74) is 2.61. The molecule has 98 valence electrons. The Morgan fingerprint density at radius 1 is 1.10 bits per heavy atom. The maximum atomic E-state index is 11.2. The minimum Gasteiger partial charge on any atom is -0.478 e. The van der Waals surface area contributed by atoms with Crippen LogP contribution in [0.2, 0.25) is 5.02 Å². The van der Waals surface area contributed by atoms with Crippen LogP contribution in [0.25, 0.3) is 22.0 Å². The molecule has 4 heteroatoms. The van der Waals surface area contributed by atoms with E-state index in [9.17, 15) is 4.79 Å². The first kappa shape index (κ1) is 12.6. The SMILES string of the molecule is O=C(O)c1cc(-c2cccc3cccnc23)ccc1Cl. The second-order valence-corrected chi connectivity index (χ2v) is 4.79. The summed E-state index contributed by atoms with van der Waals surface area (Å²) in [5, 5.41) is 10.4. The number of carbonyl (C=O) groups is 1. The molecule has 0 aliphatic rings. The predicted molar refractivity (Wildman–Crippen MR) is 79.1 cm³/mol. The fourth-order valence-electron chi connectivity index (χ4n) is 2.19. The molecule has 3 aromatic rings. The molecule has 0 unspecified atom stereocenters. The number of rotatable bonds is 2. The van der Waals surface area contributed by atoms with Gasteiger partial charge < -0.3 is 5.11 Å². The van der Waals surface area contributed by atoms with Gasteiger partial charge in [-0.15, -0.1) is 0 Å². The van der Waals surface area contributed by atoms with Crippen molar-refractivity contribution in [2.75, 3.05) is 0 Å². The Morgan fingerprint density at radius 2 is 1.90 bits per heavy atom. The zero-order valence-electron chi connectivity index (χ0n) is 10.4. The zero-order chi connectivity index (χ0) is 14.1. The van der Waals surface area contributed by atoms with Crippen LogP contribution in [-0.4, -0.2) is 16.1 Å². The second-order valence-electron chi connectivity index (χ2n) is 4.38. The minimum absolute atomic E-state index is 0.0945. The first-order valence-corrected chi connectivity index (χ1v) is 6.41. The first-order chi connectivity index (χ1) is 9.66. The molecule has 1 heterocycles. The van der Waals surface area contributed by atoms with Gasteiger partial charge in [0, 0.05) is 17.1 Å². The normalized spacial score (nSPS) is 10.7. The molecular formula is C16H10ClNO2. The molecule has 0 aliphatic heterocycles. The maximum Gasteiger partial charge on any atom is 0.337 e. The van der Waals surface area contributed by atoms with Crippen molar-refractivity contribution in [1.29, 1.82) is 0 Å². The number of para-hydroxylation sites is 1. The fourth-order valence-corrected chi connectivity index (χ4v) is 2.39. The monoisotopic (exact) mass is 283 g/mol. The number of aromatic nitrogens is 1. The van der Waals surface area contributed by atoms with Gasteiger partial charge >= 0.3 is 5.97 Å². The van der Waals surface area contributed by atoms with E-state index in [2.05, 4.69) is 4.98 Å². The van der Waals surface area contributed by atoms with Crippen molar-refractivity contribution >= 4 is 28.5 Å². The van der Waals surface area contributed by atoms with Crippen LogP contribution in [0.1, 0.15) is 10.4 Å². The number of pyridine rings is 1. The molecule has 0 saturated heterocycles. The van der Waals surface area contributed by atoms with Crippen molar-refractivity contribution in [2.24, 2.45) is 0 Å². The lowest BCUT2D eigenvalue weighted by Gasteiger charge is -2.07. The Labute approximate surface area is 120 Å². The summed E-state index contributed by atoms with van der Waals surface area (Å²) in [6.07, 6.45) is 1.72. The van der Waals surface area contributed by atoms with E-state index in [1.807, 2.05) is 30.3 Å². The zero-order valence-corrected chi connectivity index (χ0v) is 11.1. The maximum absolute atomic E-state index is 11.2. The van der Waals surface area contributed by atoms with Gasteiger partial charge in [-0.25, -0.2) is 4.79 Å². The molecular weight excluding hydrogens is 274 g/mol. The average molecular weight is 284 g/mol. The molecule has 0 radical (unpaired) electrons. The summed E-state index contributed by atoms with van der Waals surface area (Å²) in [7, 11) is 0. The molecule has 2 aromatic carbocycles. The summed E-state index contributed by atoms with van der Waals surface area (Å²) in [4.78, 5) is 15.5. The minimum atomic E-state index is -1.04. The van der Waals surface area contributed by atoms with Gasteiger partial charge in [-0.05, 0) is 23.8 Å². The Balaban J connectivity index is 2.26. The van der Waals surface area contributed by atoms with Crippen molar-refractivity contribution in [3.05, 3.63) is 65.3 Å². The first-order valence-electron chi connectivity index (χ1n) is 6.04. The summed E-state index contributed by atoms with van der Waals surface area (Å²) in [6, 6.07) is 14.6. The van der Waals surface area contributed by atoms with E-state index in [1.54, 1.807) is 24.4 Å². The highest BCUT2D eigenvalue weighted by molar-refractivity contribution is 6.33. The number of carboxylic acid groups (broad SMARTS) is 1. The third-order valence-electron chi connectivity index (χ3n) is 3.14. The van der Waals surface area contributed by atoms with Crippen molar-refractivity contribution < 1.29 is 9.90 Å². The van der Waals surface area contributed by atoms with Crippen LogP contribution < -0.4 is 0 Å². The number of carboxylic acids is 1. The van der Waals surface area contributed by atoms with Crippen LogP contribution >= 0.6 is 11.6 Å². The number of fused-ring (bicyclic) bond motifs is 1. The van der Waals surface area contributed by atoms with E-state index in [0.29, 0.717) is 0 Å². The van der Waals surface area contributed by atoms with Gasteiger partial charge in [0.05, 0.1) is 16.1 Å². The molecule has 3 rings (SSSR count). The molecule has 0 spiro atoms. The summed E-state index contributed by atoms with van der Waals surface area (Å²) < 4.78 is 0. The van der Waals surface area contributed by atoms with Gasteiger partial charge in [-0.2, -0.15) is 0 Å². The van der Waals surface area contributed by atoms with Crippen LogP contribution in [0.4, 0.5) is 0 Å². The quantitative estimate of drug-likeness (QED) is 0.765. The van der Waals surface area contributed by atoms with Crippen molar-refractivity contribution in [3.63, 3.8) is 0 Å². The highest BCUT2D eigenvalue weighted by Crippen LogP contribution is 2.29. The number of aromatic carboxylic acids is 1. The Kier molecular flexibility index (Phi) is 3.12. The standard InChI is InChI=1S/C16H10ClNO2/c17-14-7-6-11(9-13(14)16(19)20)12-5-1-3-10-4-2-8-18-15(10)12/h1-9H,(H,19,20). The molecule has 20 heavy (non-hydrogen) atoms. The molecule has 0 bridgehead atoms. The molecule has 3 nitrogen and oxygen atoms in total. The third-order valence-corrected chi connectivity index (χ3v) is 3.47. The molecule has 1 aromatic heterocycles. The van der Waals surface area contributed by atoms with Gasteiger partial charge in [-0.1, -0.05) is 41.9 Å². The van der Waals surface area contributed by atoms with Crippen molar-refractivity contribution in [1.82, 2.24) is 4.98 Å². The van der Waals surface area contributed by atoms with Crippen LogP contribution in [0.5, 0.6) is 0 Å². The number of hydrogen-bond donors (Lipinski definition) is 1. The summed E-state index contributed by atoms with van der Waals surface area (Å²) >= 11 is 5.90. The fraction of sp³-hybridized carbons (Fsp3) is 0. The average Bonchev–Trinajstić information content (AvgIpc) is 2.47. The van der Waals surface area contributed by atoms with Gasteiger partial charge in [0.25, 0.3) is 0 Å². The number of hydrogen-bond acceptors (Lipinski definition) is 2. The number of nitrogens with zero attached hydrogens (tertiary/aromatic N) is 1. The second kappa shape index (κ2) is 4.94. The van der Waals surface area contributed by atoms with Crippen LogP contribution in [0.3, 0.4) is 0 Å². The van der Waals surface area contributed by atoms with Crippen molar-refractivity contribution in [2.45, 2.75) is 0 Å². The highest BCUT2D eigenvalue weighted by Gasteiger charge is 2.12. The van der Waals surface area contributed by atoms with Gasteiger partial charge in [-0.3, -0.25) is 4.98 Å². The van der Waals surface area contributed by atoms with Crippen LogP contribution in [0.15, 0.2) is 54.7 Å². The Bertz CT molecular complexity index is 809. The molecule has 0 fully saturated rings. The summed E-state index contributed by atoms with van der Waals surface area (Å²) in [6.45, 7) is 0.